The topological polar surface area (TPSA) is 53.0 Å². The molecule has 1 aromatic rings. The molecule has 116 valence electrons. The molecule has 0 saturated carbocycles. The molecule has 0 radical (unpaired) electrons. The highest BCUT2D eigenvalue weighted by Gasteiger charge is 2.42. The minimum absolute atomic E-state index is 0.176. The number of piperidine rings is 1. The van der Waals surface area contributed by atoms with E-state index in [9.17, 15) is 9.90 Å². The van der Waals surface area contributed by atoms with Crippen molar-refractivity contribution >= 4 is 5.91 Å². The van der Waals surface area contributed by atoms with Gasteiger partial charge >= 0.3 is 0 Å². The zero-order valence-electron chi connectivity index (χ0n) is 13.0. The van der Waals surface area contributed by atoms with Gasteiger partial charge in [-0.2, -0.15) is 0 Å². The zero-order valence-corrected chi connectivity index (χ0v) is 13.0. The first-order valence-corrected chi connectivity index (χ1v) is 7.24. The molecule has 1 aromatic carbocycles. The number of ether oxygens (including phenoxy) is 1. The summed E-state index contributed by atoms with van der Waals surface area (Å²) in [6, 6.07) is 7.68. The van der Waals surface area contributed by atoms with Crippen LogP contribution < -0.4 is 4.74 Å². The number of likely N-dealkylation sites (tertiary alicyclic amines) is 1. The fourth-order valence-electron chi connectivity index (χ4n) is 2.88. The van der Waals surface area contributed by atoms with E-state index in [4.69, 9.17) is 4.74 Å². The van der Waals surface area contributed by atoms with Crippen molar-refractivity contribution in [3.8, 4) is 5.75 Å². The Morgan fingerprint density at radius 3 is 2.86 bits per heavy atom. The van der Waals surface area contributed by atoms with Crippen molar-refractivity contribution in [2.75, 3.05) is 34.3 Å². The van der Waals surface area contributed by atoms with E-state index in [0.29, 0.717) is 26.1 Å². The summed E-state index contributed by atoms with van der Waals surface area (Å²) in [5.74, 6) is 0.603. The standard InChI is InChI=1S/C16H24N2O3/c1-17(2)12-16(20)8-5-9-18(15(16)19)11-13-6-4-7-14(10-13)21-3/h4,6-7,10,20H,5,8-9,11-12H2,1-3H3/t16-/m0/s1. The SMILES string of the molecule is COc1cccc(CN2CCC[C@](O)(CN(C)C)C2=O)c1. The normalized spacial score (nSPS) is 22.7. The van der Waals surface area contributed by atoms with Crippen molar-refractivity contribution in [2.45, 2.75) is 25.0 Å². The van der Waals surface area contributed by atoms with Crippen LogP contribution in [0.5, 0.6) is 5.75 Å². The number of carbonyl (C=O) groups excluding carboxylic acids is 1. The number of benzene rings is 1. The Hall–Kier alpha value is -1.59. The van der Waals surface area contributed by atoms with E-state index in [2.05, 4.69) is 0 Å². The average Bonchev–Trinajstić information content (AvgIpc) is 2.43. The lowest BCUT2D eigenvalue weighted by Gasteiger charge is -2.39. The molecular weight excluding hydrogens is 268 g/mol. The van der Waals surface area contributed by atoms with Gasteiger partial charge in [-0.05, 0) is 44.6 Å². The first-order chi connectivity index (χ1) is 9.94. The lowest BCUT2D eigenvalue weighted by Crippen LogP contribution is -2.57. The lowest BCUT2D eigenvalue weighted by molar-refractivity contribution is -0.159. The van der Waals surface area contributed by atoms with Crippen LogP contribution in [0.4, 0.5) is 0 Å². The van der Waals surface area contributed by atoms with Gasteiger partial charge in [-0.25, -0.2) is 0 Å². The number of hydrogen-bond acceptors (Lipinski definition) is 4. The predicted molar refractivity (Wildman–Crippen MR) is 81.1 cm³/mol. The quantitative estimate of drug-likeness (QED) is 0.883. The van der Waals surface area contributed by atoms with Crippen molar-refractivity contribution in [1.29, 1.82) is 0 Å². The summed E-state index contributed by atoms with van der Waals surface area (Å²) >= 11 is 0. The second kappa shape index (κ2) is 6.45. The molecule has 1 atom stereocenters. The number of rotatable bonds is 5. The van der Waals surface area contributed by atoms with Gasteiger partial charge in [0.25, 0.3) is 5.91 Å². The molecule has 1 heterocycles. The third-order valence-electron chi connectivity index (χ3n) is 3.79. The van der Waals surface area contributed by atoms with Crippen LogP contribution in [0.1, 0.15) is 18.4 Å². The van der Waals surface area contributed by atoms with Gasteiger partial charge in [0.1, 0.15) is 5.75 Å². The fourth-order valence-corrected chi connectivity index (χ4v) is 2.88. The smallest absolute Gasteiger partial charge is 0.256 e. The highest BCUT2D eigenvalue weighted by atomic mass is 16.5. The Bertz CT molecular complexity index is 504. The van der Waals surface area contributed by atoms with Crippen LogP contribution in [0, 0.1) is 0 Å². The molecule has 0 spiro atoms. The molecule has 0 bridgehead atoms. The monoisotopic (exact) mass is 292 g/mol. The van der Waals surface area contributed by atoms with Crippen LogP contribution in [-0.2, 0) is 11.3 Å². The zero-order chi connectivity index (χ0) is 15.5. The fraction of sp³-hybridized carbons (Fsp3) is 0.562. The third kappa shape index (κ3) is 3.74. The summed E-state index contributed by atoms with van der Waals surface area (Å²) in [6.45, 7) is 1.55. The van der Waals surface area contributed by atoms with Gasteiger partial charge in [0.2, 0.25) is 0 Å². The molecule has 0 aromatic heterocycles. The predicted octanol–water partition coefficient (Wildman–Crippen LogP) is 1.11. The van der Waals surface area contributed by atoms with Crippen molar-refractivity contribution in [2.24, 2.45) is 0 Å². The molecule has 1 aliphatic rings. The van der Waals surface area contributed by atoms with E-state index in [1.54, 1.807) is 12.0 Å². The maximum atomic E-state index is 12.6. The van der Waals surface area contributed by atoms with Gasteiger partial charge in [0.05, 0.1) is 7.11 Å². The van der Waals surface area contributed by atoms with Crippen molar-refractivity contribution in [1.82, 2.24) is 9.80 Å². The Balaban J connectivity index is 2.10. The molecule has 1 saturated heterocycles. The van der Waals surface area contributed by atoms with Crippen LogP contribution in [-0.4, -0.2) is 60.7 Å². The minimum atomic E-state index is -1.26. The van der Waals surface area contributed by atoms with Gasteiger partial charge < -0.3 is 19.6 Å². The van der Waals surface area contributed by atoms with E-state index >= 15 is 0 Å². The number of carbonyl (C=O) groups is 1. The van der Waals surface area contributed by atoms with Crippen LogP contribution >= 0.6 is 0 Å². The Morgan fingerprint density at radius 2 is 2.19 bits per heavy atom. The summed E-state index contributed by atoms with van der Waals surface area (Å²) in [5, 5.41) is 10.6. The molecule has 21 heavy (non-hydrogen) atoms. The maximum absolute atomic E-state index is 12.6. The number of amides is 1. The van der Waals surface area contributed by atoms with E-state index in [1.165, 1.54) is 0 Å². The molecule has 2 rings (SSSR count). The van der Waals surface area contributed by atoms with Crippen molar-refractivity contribution in [3.05, 3.63) is 29.8 Å². The summed E-state index contributed by atoms with van der Waals surface area (Å²) in [4.78, 5) is 16.2. The lowest BCUT2D eigenvalue weighted by atomic mass is 9.91. The van der Waals surface area contributed by atoms with E-state index in [1.807, 2.05) is 43.3 Å². The minimum Gasteiger partial charge on any atom is -0.497 e. The molecule has 5 heteroatoms. The number of methoxy groups -OCH3 is 1. The van der Waals surface area contributed by atoms with Crippen LogP contribution in [0.15, 0.2) is 24.3 Å². The molecular formula is C16H24N2O3. The number of likely N-dealkylation sites (N-methyl/N-ethyl adjacent to an activating group) is 1. The summed E-state index contributed by atoms with van der Waals surface area (Å²) in [6.07, 6.45) is 1.35. The van der Waals surface area contributed by atoms with Crippen molar-refractivity contribution < 1.29 is 14.6 Å². The first kappa shape index (κ1) is 15.8. The van der Waals surface area contributed by atoms with Gasteiger partial charge in [0, 0.05) is 19.6 Å². The van der Waals surface area contributed by atoms with E-state index < -0.39 is 5.60 Å². The molecule has 1 N–H and O–H groups in total. The molecule has 5 nitrogen and oxygen atoms in total. The Labute approximate surface area is 126 Å². The Morgan fingerprint density at radius 1 is 1.43 bits per heavy atom. The number of nitrogens with zero attached hydrogens (tertiary/aromatic N) is 2. The Kier molecular flexibility index (Phi) is 4.85. The molecule has 1 aliphatic heterocycles. The maximum Gasteiger partial charge on any atom is 0.256 e. The average molecular weight is 292 g/mol. The third-order valence-corrected chi connectivity index (χ3v) is 3.79. The number of aliphatic hydroxyl groups is 1. The molecule has 1 fully saturated rings. The first-order valence-electron chi connectivity index (χ1n) is 7.24. The van der Waals surface area contributed by atoms with Crippen LogP contribution in [0.2, 0.25) is 0 Å². The van der Waals surface area contributed by atoms with Crippen LogP contribution in [0.25, 0.3) is 0 Å². The number of hydrogen-bond donors (Lipinski definition) is 1. The highest BCUT2D eigenvalue weighted by Crippen LogP contribution is 2.25. The highest BCUT2D eigenvalue weighted by molar-refractivity contribution is 5.86. The second-order valence-corrected chi connectivity index (χ2v) is 5.95. The summed E-state index contributed by atoms with van der Waals surface area (Å²) < 4.78 is 5.20. The van der Waals surface area contributed by atoms with Crippen LogP contribution in [0.3, 0.4) is 0 Å². The summed E-state index contributed by atoms with van der Waals surface area (Å²) in [5.41, 5.74) is -0.252. The molecule has 0 aliphatic carbocycles. The van der Waals surface area contributed by atoms with Gasteiger partial charge in [0.15, 0.2) is 5.60 Å². The molecule has 0 unspecified atom stereocenters. The van der Waals surface area contributed by atoms with E-state index in [0.717, 1.165) is 17.7 Å². The largest absolute Gasteiger partial charge is 0.497 e. The van der Waals surface area contributed by atoms with Gasteiger partial charge in [-0.3, -0.25) is 4.79 Å². The van der Waals surface area contributed by atoms with E-state index in [-0.39, 0.29) is 5.91 Å². The van der Waals surface area contributed by atoms with Gasteiger partial charge in [-0.1, -0.05) is 12.1 Å². The molecule has 1 amide bonds. The summed E-state index contributed by atoms with van der Waals surface area (Å²) in [7, 11) is 5.36. The van der Waals surface area contributed by atoms with Crippen molar-refractivity contribution in [3.63, 3.8) is 0 Å². The van der Waals surface area contributed by atoms with Gasteiger partial charge in [-0.15, -0.1) is 0 Å². The second-order valence-electron chi connectivity index (χ2n) is 5.95.